The summed E-state index contributed by atoms with van der Waals surface area (Å²) in [5.41, 5.74) is 6.30. The van der Waals surface area contributed by atoms with E-state index < -0.39 is 5.91 Å². The topological polar surface area (TPSA) is 84.7 Å². The highest BCUT2D eigenvalue weighted by Crippen LogP contribution is 2.27. The van der Waals surface area contributed by atoms with Gasteiger partial charge in [0.2, 0.25) is 5.91 Å². The molecule has 2 amide bonds. The van der Waals surface area contributed by atoms with Crippen molar-refractivity contribution in [1.82, 2.24) is 10.2 Å². The molecule has 2 bridgehead atoms. The van der Waals surface area contributed by atoms with Crippen LogP contribution in [-0.4, -0.2) is 42.4 Å². The van der Waals surface area contributed by atoms with Crippen LogP contribution in [0.1, 0.15) is 40.0 Å². The number of primary amides is 1. The van der Waals surface area contributed by atoms with Crippen molar-refractivity contribution in [3.8, 4) is 11.5 Å². The first-order chi connectivity index (χ1) is 13.6. The van der Waals surface area contributed by atoms with Gasteiger partial charge in [-0.2, -0.15) is 0 Å². The van der Waals surface area contributed by atoms with Gasteiger partial charge in [-0.25, -0.2) is 0 Å². The summed E-state index contributed by atoms with van der Waals surface area (Å²) in [5, 5.41) is 3.19. The van der Waals surface area contributed by atoms with Crippen molar-refractivity contribution in [1.29, 1.82) is 0 Å². The van der Waals surface area contributed by atoms with Gasteiger partial charge in [-0.3, -0.25) is 9.59 Å². The Hall–Kier alpha value is -2.86. The Balaban J connectivity index is 1.38. The minimum absolute atomic E-state index is 0.0465. The van der Waals surface area contributed by atoms with E-state index in [4.69, 9.17) is 10.5 Å². The third-order valence-corrected chi connectivity index (χ3v) is 5.61. The number of nitrogens with one attached hydrogen (secondary N) is 1. The normalized spacial score (nSPS) is 23.6. The van der Waals surface area contributed by atoms with E-state index in [9.17, 15) is 9.59 Å². The lowest BCUT2D eigenvalue weighted by Gasteiger charge is -2.26. The number of benzene rings is 2. The highest BCUT2D eigenvalue weighted by molar-refractivity contribution is 5.94. The van der Waals surface area contributed by atoms with E-state index in [0.717, 1.165) is 32.0 Å². The minimum Gasteiger partial charge on any atom is -0.457 e. The van der Waals surface area contributed by atoms with Gasteiger partial charge in [0.05, 0.1) is 0 Å². The molecule has 0 saturated carbocycles. The summed E-state index contributed by atoms with van der Waals surface area (Å²) in [5.74, 6) is 1.31. The molecule has 1 unspecified atom stereocenters. The molecule has 0 aromatic heterocycles. The largest absolute Gasteiger partial charge is 0.457 e. The molecule has 0 aliphatic carbocycles. The number of hydrogen-bond donors (Lipinski definition) is 2. The average molecular weight is 379 g/mol. The number of carbonyl (C=O) groups excluding carboxylic acids is 2. The van der Waals surface area contributed by atoms with Crippen LogP contribution in [-0.2, 0) is 0 Å². The SMILES string of the molecule is NC(=O)c1cccc(Oc2ccc(C(=O)NC3CC4CCN(CC4)C3)cc2)c1. The number of rotatable bonds is 5. The zero-order valence-corrected chi connectivity index (χ0v) is 15.8. The number of nitrogens with zero attached hydrogens (tertiary/aromatic N) is 1. The Labute approximate surface area is 164 Å². The zero-order chi connectivity index (χ0) is 19.5. The van der Waals surface area contributed by atoms with E-state index >= 15 is 0 Å². The molecule has 6 nitrogen and oxygen atoms in total. The molecule has 0 spiro atoms. The molecule has 3 N–H and O–H groups in total. The van der Waals surface area contributed by atoms with Crippen molar-refractivity contribution in [2.75, 3.05) is 19.6 Å². The number of amides is 2. The lowest BCUT2D eigenvalue weighted by molar-refractivity contribution is 0.0928. The molecule has 0 radical (unpaired) electrons. The van der Waals surface area contributed by atoms with Gasteiger partial charge in [0.25, 0.3) is 5.91 Å². The summed E-state index contributed by atoms with van der Waals surface area (Å²) in [6.45, 7) is 3.25. The van der Waals surface area contributed by atoms with E-state index in [1.54, 1.807) is 48.5 Å². The molecule has 3 aliphatic heterocycles. The van der Waals surface area contributed by atoms with Crippen LogP contribution in [0.2, 0.25) is 0 Å². The third kappa shape index (κ3) is 4.34. The number of fused-ring (bicyclic) bond motifs is 4. The van der Waals surface area contributed by atoms with Crippen molar-refractivity contribution in [3.63, 3.8) is 0 Å². The third-order valence-electron chi connectivity index (χ3n) is 5.61. The van der Waals surface area contributed by atoms with Crippen LogP contribution >= 0.6 is 0 Å². The molecule has 3 fully saturated rings. The predicted molar refractivity (Wildman–Crippen MR) is 107 cm³/mol. The van der Waals surface area contributed by atoms with Gasteiger partial charge in [0.1, 0.15) is 11.5 Å². The van der Waals surface area contributed by atoms with Crippen LogP contribution in [0.25, 0.3) is 0 Å². The first-order valence-corrected chi connectivity index (χ1v) is 9.78. The molecule has 146 valence electrons. The number of piperidine rings is 1. The van der Waals surface area contributed by atoms with E-state index in [1.807, 2.05) is 0 Å². The Kier molecular flexibility index (Phi) is 5.30. The minimum atomic E-state index is -0.499. The fourth-order valence-electron chi connectivity index (χ4n) is 4.09. The van der Waals surface area contributed by atoms with Gasteiger partial charge in [0, 0.05) is 23.7 Å². The molecule has 6 heteroatoms. The average Bonchev–Trinajstić information content (AvgIpc) is 3.01. The van der Waals surface area contributed by atoms with Crippen LogP contribution in [0, 0.1) is 5.92 Å². The maximum Gasteiger partial charge on any atom is 0.251 e. The van der Waals surface area contributed by atoms with Crippen molar-refractivity contribution in [3.05, 3.63) is 59.7 Å². The maximum absolute atomic E-state index is 12.6. The van der Waals surface area contributed by atoms with Crippen molar-refractivity contribution in [2.45, 2.75) is 25.3 Å². The highest BCUT2D eigenvalue weighted by atomic mass is 16.5. The number of hydrogen-bond acceptors (Lipinski definition) is 4. The first kappa shape index (κ1) is 18.5. The van der Waals surface area contributed by atoms with Gasteiger partial charge in [-0.15, -0.1) is 0 Å². The van der Waals surface area contributed by atoms with E-state index in [2.05, 4.69) is 10.2 Å². The molecule has 3 saturated heterocycles. The lowest BCUT2D eigenvalue weighted by atomic mass is 9.94. The molecule has 3 heterocycles. The van der Waals surface area contributed by atoms with Crippen LogP contribution in [0.3, 0.4) is 0 Å². The van der Waals surface area contributed by atoms with Gasteiger partial charge in [0.15, 0.2) is 0 Å². The Bertz CT molecular complexity index is 844. The van der Waals surface area contributed by atoms with E-state index in [-0.39, 0.29) is 11.9 Å². The van der Waals surface area contributed by atoms with E-state index in [1.165, 1.54) is 12.8 Å². The molecule has 3 aliphatic rings. The zero-order valence-electron chi connectivity index (χ0n) is 15.8. The van der Waals surface area contributed by atoms with Gasteiger partial charge < -0.3 is 20.7 Å². The summed E-state index contributed by atoms with van der Waals surface area (Å²) in [6, 6.07) is 13.9. The summed E-state index contributed by atoms with van der Waals surface area (Å²) in [7, 11) is 0. The molecule has 2 aromatic carbocycles. The highest BCUT2D eigenvalue weighted by Gasteiger charge is 2.29. The van der Waals surface area contributed by atoms with Crippen molar-refractivity contribution < 1.29 is 14.3 Å². The Morgan fingerprint density at radius 3 is 2.46 bits per heavy atom. The summed E-state index contributed by atoms with van der Waals surface area (Å²) >= 11 is 0. The Morgan fingerprint density at radius 2 is 1.75 bits per heavy atom. The summed E-state index contributed by atoms with van der Waals surface area (Å²) < 4.78 is 5.76. The van der Waals surface area contributed by atoms with E-state index in [0.29, 0.717) is 22.6 Å². The maximum atomic E-state index is 12.6. The molecule has 1 atom stereocenters. The van der Waals surface area contributed by atoms with Crippen molar-refractivity contribution in [2.24, 2.45) is 11.7 Å². The van der Waals surface area contributed by atoms with Crippen LogP contribution < -0.4 is 15.8 Å². The molecule has 28 heavy (non-hydrogen) atoms. The van der Waals surface area contributed by atoms with Gasteiger partial charge in [-0.1, -0.05) is 6.07 Å². The molecular formula is C22H25N3O3. The second-order valence-electron chi connectivity index (χ2n) is 7.67. The Morgan fingerprint density at radius 1 is 1.00 bits per heavy atom. The standard InChI is InChI=1S/C22H25N3O3/c23-21(26)17-2-1-3-20(13-17)28-19-6-4-16(5-7-19)22(27)24-18-12-15-8-10-25(14-18)11-9-15/h1-7,13,15,18H,8-12,14H2,(H2,23,26)(H,24,27). The first-order valence-electron chi connectivity index (χ1n) is 9.78. The predicted octanol–water partition coefficient (Wildman–Crippen LogP) is 2.79. The van der Waals surface area contributed by atoms with Crippen LogP contribution in [0.4, 0.5) is 0 Å². The molecular weight excluding hydrogens is 354 g/mol. The summed E-state index contributed by atoms with van der Waals surface area (Å²) in [6.07, 6.45) is 3.56. The molecule has 5 rings (SSSR count). The molecule has 2 aromatic rings. The summed E-state index contributed by atoms with van der Waals surface area (Å²) in [4.78, 5) is 26.4. The van der Waals surface area contributed by atoms with Gasteiger partial charge >= 0.3 is 0 Å². The fraction of sp³-hybridized carbons (Fsp3) is 0.364. The fourth-order valence-corrected chi connectivity index (χ4v) is 4.09. The van der Waals surface area contributed by atoms with Gasteiger partial charge in [-0.05, 0) is 80.7 Å². The quantitative estimate of drug-likeness (QED) is 0.837. The monoisotopic (exact) mass is 379 g/mol. The number of carbonyl (C=O) groups is 2. The number of ether oxygens (including phenoxy) is 1. The van der Waals surface area contributed by atoms with Crippen LogP contribution in [0.15, 0.2) is 48.5 Å². The lowest BCUT2D eigenvalue weighted by Crippen LogP contribution is -2.41. The smallest absolute Gasteiger partial charge is 0.251 e. The number of nitrogens with two attached hydrogens (primary N) is 1. The van der Waals surface area contributed by atoms with Crippen LogP contribution in [0.5, 0.6) is 11.5 Å². The second kappa shape index (κ2) is 8.02. The second-order valence-corrected chi connectivity index (χ2v) is 7.67. The van der Waals surface area contributed by atoms with Crippen molar-refractivity contribution >= 4 is 11.8 Å².